The molecule has 0 amide bonds. The summed E-state index contributed by atoms with van der Waals surface area (Å²) in [7, 11) is -2.74. The van der Waals surface area contributed by atoms with Crippen LogP contribution < -0.4 is 14.4 Å². The van der Waals surface area contributed by atoms with E-state index in [-0.39, 0.29) is 16.3 Å². The van der Waals surface area contributed by atoms with E-state index in [1.165, 1.54) is 19.2 Å². The van der Waals surface area contributed by atoms with Gasteiger partial charge in [-0.2, -0.15) is 0 Å². The Labute approximate surface area is 164 Å². The molecule has 1 aliphatic heterocycles. The Bertz CT molecular complexity index is 952. The molecule has 0 unspecified atom stereocenters. The van der Waals surface area contributed by atoms with Crippen molar-refractivity contribution in [3.8, 4) is 5.75 Å². The number of piperidine rings is 1. The summed E-state index contributed by atoms with van der Waals surface area (Å²) in [5, 5.41) is 11.0. The topological polar surface area (TPSA) is 102 Å². The number of nitrogens with zero attached hydrogens (tertiary/aromatic N) is 2. The molecular formula is C19H23N3O5S. The van der Waals surface area contributed by atoms with E-state index in [2.05, 4.69) is 16.5 Å². The Hall–Kier alpha value is -2.81. The summed E-state index contributed by atoms with van der Waals surface area (Å²) >= 11 is 0. The minimum absolute atomic E-state index is 0.0390. The van der Waals surface area contributed by atoms with E-state index >= 15 is 0 Å². The number of hydrogen-bond acceptors (Lipinski definition) is 6. The lowest BCUT2D eigenvalue weighted by atomic mass is 9.99. The number of benzene rings is 2. The second kappa shape index (κ2) is 8.05. The van der Waals surface area contributed by atoms with E-state index in [1.807, 2.05) is 12.1 Å². The Morgan fingerprint density at radius 2 is 1.79 bits per heavy atom. The average molecular weight is 405 g/mol. The van der Waals surface area contributed by atoms with Gasteiger partial charge in [0.25, 0.3) is 15.7 Å². The van der Waals surface area contributed by atoms with E-state index < -0.39 is 14.9 Å². The average Bonchev–Trinajstić information content (AvgIpc) is 2.68. The molecule has 0 aromatic heterocycles. The Kier molecular flexibility index (Phi) is 5.73. The van der Waals surface area contributed by atoms with E-state index in [0.717, 1.165) is 43.6 Å². The van der Waals surface area contributed by atoms with Crippen molar-refractivity contribution in [2.45, 2.75) is 24.7 Å². The number of sulfonamides is 1. The van der Waals surface area contributed by atoms with Gasteiger partial charge in [0, 0.05) is 36.6 Å². The quantitative estimate of drug-likeness (QED) is 0.581. The predicted octanol–water partition coefficient (Wildman–Crippen LogP) is 3.64. The van der Waals surface area contributed by atoms with Crippen molar-refractivity contribution in [3.63, 3.8) is 0 Å². The van der Waals surface area contributed by atoms with Crippen molar-refractivity contribution in [1.82, 2.24) is 0 Å². The fourth-order valence-corrected chi connectivity index (χ4v) is 4.45. The van der Waals surface area contributed by atoms with Gasteiger partial charge >= 0.3 is 0 Å². The van der Waals surface area contributed by atoms with E-state index in [0.29, 0.717) is 5.69 Å². The van der Waals surface area contributed by atoms with Gasteiger partial charge in [-0.05, 0) is 49.1 Å². The third-order valence-corrected chi connectivity index (χ3v) is 6.32. The lowest BCUT2D eigenvalue weighted by Crippen LogP contribution is -2.32. The van der Waals surface area contributed by atoms with Gasteiger partial charge in [0.1, 0.15) is 10.6 Å². The molecular weight excluding hydrogens is 382 g/mol. The van der Waals surface area contributed by atoms with Crippen LogP contribution in [-0.4, -0.2) is 33.5 Å². The van der Waals surface area contributed by atoms with Crippen LogP contribution in [0.3, 0.4) is 0 Å². The number of hydrogen-bond donors (Lipinski definition) is 1. The van der Waals surface area contributed by atoms with Crippen molar-refractivity contribution in [2.24, 2.45) is 5.92 Å². The largest absolute Gasteiger partial charge is 0.495 e. The van der Waals surface area contributed by atoms with Crippen molar-refractivity contribution in [3.05, 3.63) is 52.6 Å². The standard InChI is InChI=1S/C19H23N3O5S/c1-14-9-11-21(12-10-14)16-5-3-15(4-6-16)20-28(25,26)19-13-17(22(23)24)7-8-18(19)27-2/h3-8,13-14,20H,9-12H2,1-2H3. The summed E-state index contributed by atoms with van der Waals surface area (Å²) in [4.78, 5) is 12.3. The highest BCUT2D eigenvalue weighted by Crippen LogP contribution is 2.30. The van der Waals surface area contributed by atoms with Crippen LogP contribution in [0.25, 0.3) is 0 Å². The number of ether oxygens (including phenoxy) is 1. The highest BCUT2D eigenvalue weighted by atomic mass is 32.2. The first-order chi connectivity index (χ1) is 13.3. The maximum Gasteiger partial charge on any atom is 0.271 e. The van der Waals surface area contributed by atoms with Crippen molar-refractivity contribution in [1.29, 1.82) is 0 Å². The number of non-ortho nitro benzene ring substituents is 1. The highest BCUT2D eigenvalue weighted by molar-refractivity contribution is 7.92. The molecule has 0 aliphatic carbocycles. The first-order valence-corrected chi connectivity index (χ1v) is 10.5. The molecule has 0 saturated carbocycles. The second-order valence-electron chi connectivity index (χ2n) is 6.91. The summed E-state index contributed by atoms with van der Waals surface area (Å²) in [5.41, 5.74) is 1.10. The molecule has 2 aromatic carbocycles. The third-order valence-electron chi connectivity index (χ3n) is 4.92. The fourth-order valence-electron chi connectivity index (χ4n) is 3.21. The molecule has 0 bridgehead atoms. The Morgan fingerprint density at radius 3 is 2.36 bits per heavy atom. The number of rotatable bonds is 6. The Morgan fingerprint density at radius 1 is 1.14 bits per heavy atom. The number of nitro groups is 1. The summed E-state index contributed by atoms with van der Waals surface area (Å²) in [6.07, 6.45) is 2.28. The van der Waals surface area contributed by atoms with E-state index in [9.17, 15) is 18.5 Å². The zero-order valence-electron chi connectivity index (χ0n) is 15.8. The fraction of sp³-hybridized carbons (Fsp3) is 0.368. The van der Waals surface area contributed by atoms with Gasteiger partial charge in [0.05, 0.1) is 12.0 Å². The van der Waals surface area contributed by atoms with Gasteiger partial charge in [-0.1, -0.05) is 6.92 Å². The molecule has 1 fully saturated rings. The van der Waals surface area contributed by atoms with Crippen LogP contribution in [0, 0.1) is 16.0 Å². The van der Waals surface area contributed by atoms with Crippen LogP contribution in [0.2, 0.25) is 0 Å². The number of methoxy groups -OCH3 is 1. The minimum atomic E-state index is -4.05. The number of nitrogens with one attached hydrogen (secondary N) is 1. The predicted molar refractivity (Wildman–Crippen MR) is 108 cm³/mol. The van der Waals surface area contributed by atoms with Crippen LogP contribution in [0.15, 0.2) is 47.4 Å². The monoisotopic (exact) mass is 405 g/mol. The SMILES string of the molecule is COc1ccc([N+](=O)[O-])cc1S(=O)(=O)Nc1ccc(N2CCC(C)CC2)cc1. The smallest absolute Gasteiger partial charge is 0.271 e. The Balaban J connectivity index is 1.81. The molecule has 9 heteroatoms. The van der Waals surface area contributed by atoms with E-state index in [1.54, 1.807) is 12.1 Å². The van der Waals surface area contributed by atoms with Crippen molar-refractivity contribution in [2.75, 3.05) is 29.8 Å². The third kappa shape index (κ3) is 4.36. The van der Waals surface area contributed by atoms with Gasteiger partial charge in [-0.25, -0.2) is 8.42 Å². The summed E-state index contributed by atoms with van der Waals surface area (Å²) in [6.45, 7) is 4.21. The lowest BCUT2D eigenvalue weighted by Gasteiger charge is -2.32. The minimum Gasteiger partial charge on any atom is -0.495 e. The molecule has 8 nitrogen and oxygen atoms in total. The molecule has 150 valence electrons. The maximum atomic E-state index is 12.8. The molecule has 1 aliphatic rings. The normalized spacial score (nSPS) is 15.3. The first-order valence-electron chi connectivity index (χ1n) is 9.00. The molecule has 0 atom stereocenters. The second-order valence-corrected chi connectivity index (χ2v) is 8.57. The molecule has 0 radical (unpaired) electrons. The summed E-state index contributed by atoms with van der Waals surface area (Å²) in [5.74, 6) is 0.768. The molecule has 3 rings (SSSR count). The van der Waals surface area contributed by atoms with Gasteiger partial charge in [0.2, 0.25) is 0 Å². The van der Waals surface area contributed by atoms with E-state index in [4.69, 9.17) is 4.74 Å². The lowest BCUT2D eigenvalue weighted by molar-refractivity contribution is -0.385. The van der Waals surface area contributed by atoms with Crippen LogP contribution in [0.5, 0.6) is 5.75 Å². The van der Waals surface area contributed by atoms with Crippen LogP contribution >= 0.6 is 0 Å². The number of nitro benzene ring substituents is 1. The van der Waals surface area contributed by atoms with Crippen LogP contribution in [0.4, 0.5) is 17.1 Å². The summed E-state index contributed by atoms with van der Waals surface area (Å²) in [6, 6.07) is 10.6. The van der Waals surface area contributed by atoms with Gasteiger partial charge in [-0.3, -0.25) is 14.8 Å². The number of anilines is 2. The first kappa shape index (κ1) is 19.9. The van der Waals surface area contributed by atoms with Gasteiger partial charge in [-0.15, -0.1) is 0 Å². The molecule has 1 N–H and O–H groups in total. The molecule has 28 heavy (non-hydrogen) atoms. The summed E-state index contributed by atoms with van der Waals surface area (Å²) < 4.78 is 33.0. The van der Waals surface area contributed by atoms with Gasteiger partial charge < -0.3 is 9.64 Å². The van der Waals surface area contributed by atoms with Gasteiger partial charge in [0.15, 0.2) is 0 Å². The van der Waals surface area contributed by atoms with Crippen molar-refractivity contribution >= 4 is 27.1 Å². The maximum absolute atomic E-state index is 12.8. The zero-order valence-corrected chi connectivity index (χ0v) is 16.6. The molecule has 1 heterocycles. The highest BCUT2D eigenvalue weighted by Gasteiger charge is 2.23. The van der Waals surface area contributed by atoms with Crippen LogP contribution in [-0.2, 0) is 10.0 Å². The van der Waals surface area contributed by atoms with Crippen LogP contribution in [0.1, 0.15) is 19.8 Å². The zero-order chi connectivity index (χ0) is 20.3. The molecule has 0 spiro atoms. The molecule has 1 saturated heterocycles. The van der Waals surface area contributed by atoms with Crippen molar-refractivity contribution < 1.29 is 18.1 Å². The molecule has 2 aromatic rings.